The van der Waals surface area contributed by atoms with E-state index in [9.17, 15) is 4.79 Å². The molecule has 0 spiro atoms. The Balaban J connectivity index is 2.38. The lowest BCUT2D eigenvalue weighted by Crippen LogP contribution is -2.52. The van der Waals surface area contributed by atoms with Crippen LogP contribution in [0.5, 0.6) is 0 Å². The normalized spacial score (nSPS) is 11.9. The first kappa shape index (κ1) is 16.0. The molecule has 4 nitrogen and oxygen atoms in total. The van der Waals surface area contributed by atoms with E-state index < -0.39 is 0 Å². The molecule has 1 heterocycles. The molecule has 21 heavy (non-hydrogen) atoms. The Hall–Kier alpha value is -1.33. The topological polar surface area (TPSA) is 68.3 Å². The van der Waals surface area contributed by atoms with Gasteiger partial charge in [0.25, 0.3) is 5.91 Å². The van der Waals surface area contributed by atoms with Crippen LogP contribution in [0.3, 0.4) is 0 Å². The van der Waals surface area contributed by atoms with Gasteiger partial charge in [-0.25, -0.2) is 0 Å². The van der Waals surface area contributed by atoms with Crippen LogP contribution in [0.2, 0.25) is 0 Å². The highest BCUT2D eigenvalue weighted by molar-refractivity contribution is 9.10. The highest BCUT2D eigenvalue weighted by Crippen LogP contribution is 2.28. The number of carbonyl (C=O) groups excluding carboxylic acids is 1. The van der Waals surface area contributed by atoms with E-state index in [0.717, 1.165) is 28.3 Å². The number of hydrogen-bond donors (Lipinski definition) is 2. The number of halogens is 1. The lowest BCUT2D eigenvalue weighted by atomic mass is 9.92. The van der Waals surface area contributed by atoms with Crippen LogP contribution in [0.15, 0.2) is 27.1 Å². The van der Waals surface area contributed by atoms with E-state index in [4.69, 9.17) is 10.2 Å². The lowest BCUT2D eigenvalue weighted by Gasteiger charge is -2.31. The molecule has 1 aromatic carbocycles. The number of nitrogens with one attached hydrogen (secondary N) is 1. The Kier molecular flexibility index (Phi) is 4.74. The van der Waals surface area contributed by atoms with Gasteiger partial charge in [0.15, 0.2) is 5.76 Å². The van der Waals surface area contributed by atoms with Gasteiger partial charge in [0.1, 0.15) is 5.58 Å². The molecular weight excluding hydrogens is 332 g/mol. The molecule has 0 aliphatic carbocycles. The molecule has 2 aromatic rings. The van der Waals surface area contributed by atoms with Crippen molar-refractivity contribution in [2.75, 3.05) is 6.54 Å². The van der Waals surface area contributed by atoms with Crippen LogP contribution in [0.4, 0.5) is 0 Å². The van der Waals surface area contributed by atoms with Crippen molar-refractivity contribution >= 4 is 32.8 Å². The summed E-state index contributed by atoms with van der Waals surface area (Å²) < 4.78 is 6.68. The van der Waals surface area contributed by atoms with Crippen LogP contribution in [0, 0.1) is 6.92 Å². The Labute approximate surface area is 133 Å². The van der Waals surface area contributed by atoms with E-state index in [1.54, 1.807) is 0 Å². The number of fused-ring (bicyclic) bond motifs is 1. The largest absolute Gasteiger partial charge is 0.451 e. The second kappa shape index (κ2) is 6.20. The van der Waals surface area contributed by atoms with Crippen molar-refractivity contribution < 1.29 is 9.21 Å². The van der Waals surface area contributed by atoms with E-state index in [2.05, 4.69) is 21.2 Å². The summed E-state index contributed by atoms with van der Waals surface area (Å²) in [5.74, 6) is 0.164. The molecule has 0 saturated carbocycles. The van der Waals surface area contributed by atoms with Crippen molar-refractivity contribution in [3.05, 3.63) is 34.0 Å². The zero-order valence-corrected chi connectivity index (χ0v) is 14.2. The maximum atomic E-state index is 12.5. The zero-order valence-electron chi connectivity index (χ0n) is 12.6. The van der Waals surface area contributed by atoms with Gasteiger partial charge in [-0.3, -0.25) is 4.79 Å². The third kappa shape index (κ3) is 2.99. The third-order valence-electron chi connectivity index (χ3n) is 4.23. The molecule has 1 amide bonds. The minimum absolute atomic E-state index is 0.200. The highest BCUT2D eigenvalue weighted by Gasteiger charge is 2.29. The van der Waals surface area contributed by atoms with Gasteiger partial charge in [-0.15, -0.1) is 0 Å². The lowest BCUT2D eigenvalue weighted by molar-refractivity contribution is 0.0868. The minimum Gasteiger partial charge on any atom is -0.451 e. The van der Waals surface area contributed by atoms with Gasteiger partial charge in [-0.05, 0) is 38.0 Å². The summed E-state index contributed by atoms with van der Waals surface area (Å²) in [6, 6.07) is 5.72. The SMILES string of the molecule is CCC(CC)(CN)NC(=O)c1oc2ccc(Br)cc2c1C. The Morgan fingerprint density at radius 3 is 2.62 bits per heavy atom. The van der Waals surface area contributed by atoms with Crippen molar-refractivity contribution in [3.63, 3.8) is 0 Å². The molecule has 0 saturated heterocycles. The van der Waals surface area contributed by atoms with Gasteiger partial charge in [0.2, 0.25) is 0 Å². The zero-order chi connectivity index (χ0) is 15.6. The van der Waals surface area contributed by atoms with Crippen molar-refractivity contribution in [2.24, 2.45) is 5.73 Å². The smallest absolute Gasteiger partial charge is 0.287 e. The second-order valence-corrected chi connectivity index (χ2v) is 6.26. The fraction of sp³-hybridized carbons (Fsp3) is 0.438. The Bertz CT molecular complexity index is 651. The number of hydrogen-bond acceptors (Lipinski definition) is 3. The van der Waals surface area contributed by atoms with E-state index in [-0.39, 0.29) is 11.4 Å². The molecule has 0 aliphatic heterocycles. The number of amides is 1. The van der Waals surface area contributed by atoms with Crippen LogP contribution in [0.1, 0.15) is 42.8 Å². The summed E-state index contributed by atoms with van der Waals surface area (Å²) in [6.07, 6.45) is 1.58. The fourth-order valence-corrected chi connectivity index (χ4v) is 2.83. The van der Waals surface area contributed by atoms with E-state index in [1.807, 2.05) is 39.0 Å². The van der Waals surface area contributed by atoms with Gasteiger partial charge in [0, 0.05) is 22.0 Å². The monoisotopic (exact) mass is 352 g/mol. The van der Waals surface area contributed by atoms with Gasteiger partial charge in [-0.1, -0.05) is 29.8 Å². The molecule has 5 heteroatoms. The highest BCUT2D eigenvalue weighted by atomic mass is 79.9. The molecule has 3 N–H and O–H groups in total. The minimum atomic E-state index is -0.372. The van der Waals surface area contributed by atoms with Crippen LogP contribution < -0.4 is 11.1 Å². The Morgan fingerprint density at radius 2 is 2.05 bits per heavy atom. The number of nitrogens with two attached hydrogens (primary N) is 1. The molecule has 1 aromatic heterocycles. The summed E-state index contributed by atoms with van der Waals surface area (Å²) in [7, 11) is 0. The van der Waals surface area contributed by atoms with Crippen molar-refractivity contribution in [1.82, 2.24) is 5.32 Å². The van der Waals surface area contributed by atoms with E-state index in [1.165, 1.54) is 0 Å². The first-order valence-electron chi connectivity index (χ1n) is 7.17. The number of benzene rings is 1. The van der Waals surface area contributed by atoms with Gasteiger partial charge in [0.05, 0.1) is 5.54 Å². The average Bonchev–Trinajstić information content (AvgIpc) is 2.82. The molecule has 2 rings (SSSR count). The molecule has 0 aliphatic rings. The number of furan rings is 1. The molecule has 114 valence electrons. The summed E-state index contributed by atoms with van der Waals surface area (Å²) in [5, 5.41) is 3.99. The summed E-state index contributed by atoms with van der Waals surface area (Å²) in [4.78, 5) is 12.5. The van der Waals surface area contributed by atoms with Crippen molar-refractivity contribution in [3.8, 4) is 0 Å². The molecule has 0 fully saturated rings. The molecular formula is C16H21BrN2O2. The van der Waals surface area contributed by atoms with Crippen molar-refractivity contribution in [1.29, 1.82) is 0 Å². The first-order chi connectivity index (χ1) is 9.96. The number of rotatable bonds is 5. The molecule has 0 atom stereocenters. The molecule has 0 radical (unpaired) electrons. The van der Waals surface area contributed by atoms with E-state index >= 15 is 0 Å². The van der Waals surface area contributed by atoms with Crippen LogP contribution >= 0.6 is 15.9 Å². The third-order valence-corrected chi connectivity index (χ3v) is 4.72. The predicted molar refractivity (Wildman–Crippen MR) is 88.5 cm³/mol. The maximum absolute atomic E-state index is 12.5. The second-order valence-electron chi connectivity index (χ2n) is 5.34. The van der Waals surface area contributed by atoms with Crippen LogP contribution in [-0.4, -0.2) is 18.0 Å². The number of carbonyl (C=O) groups is 1. The molecule has 0 unspecified atom stereocenters. The van der Waals surface area contributed by atoms with Crippen LogP contribution in [-0.2, 0) is 0 Å². The van der Waals surface area contributed by atoms with E-state index in [0.29, 0.717) is 17.9 Å². The molecule has 0 bridgehead atoms. The Morgan fingerprint density at radius 1 is 1.38 bits per heavy atom. The quantitative estimate of drug-likeness (QED) is 0.860. The number of aryl methyl sites for hydroxylation is 1. The first-order valence-corrected chi connectivity index (χ1v) is 7.97. The van der Waals surface area contributed by atoms with Crippen LogP contribution in [0.25, 0.3) is 11.0 Å². The van der Waals surface area contributed by atoms with Gasteiger partial charge < -0.3 is 15.5 Å². The van der Waals surface area contributed by atoms with Crippen molar-refractivity contribution in [2.45, 2.75) is 39.2 Å². The summed E-state index contributed by atoms with van der Waals surface area (Å²) in [5.41, 5.74) is 7.03. The summed E-state index contributed by atoms with van der Waals surface area (Å²) in [6.45, 7) is 6.37. The predicted octanol–water partition coefficient (Wildman–Crippen LogP) is 3.75. The van der Waals surface area contributed by atoms with Gasteiger partial charge >= 0.3 is 0 Å². The standard InChI is InChI=1S/C16H21BrN2O2/c1-4-16(5-2,9-18)19-15(20)14-10(3)12-8-11(17)6-7-13(12)21-14/h6-8H,4-5,9,18H2,1-3H3,(H,19,20). The fourth-order valence-electron chi connectivity index (χ4n) is 2.47. The summed E-state index contributed by atoms with van der Waals surface area (Å²) >= 11 is 3.44. The van der Waals surface area contributed by atoms with Gasteiger partial charge in [-0.2, -0.15) is 0 Å². The maximum Gasteiger partial charge on any atom is 0.287 e. The average molecular weight is 353 g/mol.